The second kappa shape index (κ2) is 4.12. The van der Waals surface area contributed by atoms with Crippen LogP contribution in [0.15, 0.2) is 0 Å². The van der Waals surface area contributed by atoms with Gasteiger partial charge in [-0.2, -0.15) is 4.31 Å². The predicted octanol–water partition coefficient (Wildman–Crippen LogP) is 0.824. The fourth-order valence-electron chi connectivity index (χ4n) is 1.65. The molecule has 0 saturated carbocycles. The van der Waals surface area contributed by atoms with Crippen molar-refractivity contribution in [3.05, 3.63) is 0 Å². The Kier molecular flexibility index (Phi) is 3.34. The Hall–Kier alpha value is -0.530. The molecule has 0 aromatic carbocycles. The maximum absolute atomic E-state index is 11.5. The van der Waals surface area contributed by atoms with Gasteiger partial charge in [0.05, 0.1) is 5.75 Å². The van der Waals surface area contributed by atoms with Gasteiger partial charge in [0.25, 0.3) is 0 Å². The Morgan fingerprint density at radius 3 is 2.69 bits per heavy atom. The van der Waals surface area contributed by atoms with E-state index in [1.54, 1.807) is 4.31 Å². The molecular formula is C9H15NO2S. The lowest BCUT2D eigenvalue weighted by atomic mass is 10.1. The van der Waals surface area contributed by atoms with Crippen molar-refractivity contribution in [2.45, 2.75) is 32.2 Å². The highest BCUT2D eigenvalue weighted by molar-refractivity contribution is 7.89. The fourth-order valence-corrected chi connectivity index (χ4v) is 3.47. The largest absolute Gasteiger partial charge is 0.214 e. The molecule has 1 rings (SSSR count). The minimum absolute atomic E-state index is 0.0116. The van der Waals surface area contributed by atoms with Crippen molar-refractivity contribution in [2.75, 3.05) is 12.3 Å². The summed E-state index contributed by atoms with van der Waals surface area (Å²) in [4.78, 5) is 0. The first-order valence-corrected chi connectivity index (χ1v) is 6.15. The van der Waals surface area contributed by atoms with Crippen LogP contribution in [0.2, 0.25) is 0 Å². The van der Waals surface area contributed by atoms with Gasteiger partial charge >= 0.3 is 0 Å². The summed E-state index contributed by atoms with van der Waals surface area (Å²) in [6.07, 6.45) is 7.25. The van der Waals surface area contributed by atoms with E-state index in [1.807, 2.05) is 6.92 Å². The van der Waals surface area contributed by atoms with Crippen LogP contribution in [0.1, 0.15) is 26.2 Å². The Morgan fingerprint density at radius 2 is 2.31 bits per heavy atom. The second-order valence-electron chi connectivity index (χ2n) is 3.25. The van der Waals surface area contributed by atoms with Crippen molar-refractivity contribution in [2.24, 2.45) is 0 Å². The van der Waals surface area contributed by atoms with Gasteiger partial charge in [0.1, 0.15) is 0 Å². The average molecular weight is 201 g/mol. The van der Waals surface area contributed by atoms with Crippen LogP contribution in [-0.4, -0.2) is 31.1 Å². The molecule has 3 nitrogen and oxygen atoms in total. The summed E-state index contributed by atoms with van der Waals surface area (Å²) in [5.41, 5.74) is 0. The molecule has 1 unspecified atom stereocenters. The van der Waals surface area contributed by atoms with E-state index >= 15 is 0 Å². The molecule has 0 spiro atoms. The van der Waals surface area contributed by atoms with Crippen molar-refractivity contribution in [1.29, 1.82) is 0 Å². The van der Waals surface area contributed by atoms with Crippen molar-refractivity contribution >= 4 is 10.0 Å². The minimum atomic E-state index is -2.98. The number of rotatable bonds is 3. The minimum Gasteiger partial charge on any atom is -0.212 e. The van der Waals surface area contributed by atoms with E-state index in [9.17, 15) is 8.42 Å². The van der Waals surface area contributed by atoms with Crippen molar-refractivity contribution in [1.82, 2.24) is 4.31 Å². The SMILES string of the molecule is C#CCC(CC)N1CCCS1(=O)=O. The first kappa shape index (κ1) is 10.6. The Balaban J connectivity index is 2.75. The predicted molar refractivity (Wildman–Crippen MR) is 52.6 cm³/mol. The monoisotopic (exact) mass is 201 g/mol. The highest BCUT2D eigenvalue weighted by Crippen LogP contribution is 2.20. The van der Waals surface area contributed by atoms with Gasteiger partial charge in [0.2, 0.25) is 10.0 Å². The standard InChI is InChI=1S/C9H15NO2S/c1-3-6-9(4-2)10-7-5-8-13(10,11)12/h1,9H,4-8H2,2H3. The van der Waals surface area contributed by atoms with Crippen molar-refractivity contribution < 1.29 is 8.42 Å². The molecule has 1 atom stereocenters. The molecule has 0 amide bonds. The zero-order valence-corrected chi connectivity index (χ0v) is 8.68. The lowest BCUT2D eigenvalue weighted by molar-refractivity contribution is 0.336. The lowest BCUT2D eigenvalue weighted by Gasteiger charge is -2.23. The van der Waals surface area contributed by atoms with Crippen LogP contribution in [-0.2, 0) is 10.0 Å². The Labute approximate surface area is 80.2 Å². The third-order valence-electron chi connectivity index (χ3n) is 2.37. The summed E-state index contributed by atoms with van der Waals surface area (Å²) in [6, 6.07) is 0.0116. The number of nitrogens with zero attached hydrogens (tertiary/aromatic N) is 1. The molecule has 0 bridgehead atoms. The molecule has 13 heavy (non-hydrogen) atoms. The molecule has 1 fully saturated rings. The molecule has 74 valence electrons. The number of hydrogen-bond donors (Lipinski definition) is 0. The first-order valence-electron chi connectivity index (χ1n) is 4.54. The molecule has 0 aromatic rings. The number of terminal acetylenes is 1. The second-order valence-corrected chi connectivity index (χ2v) is 5.29. The van der Waals surface area contributed by atoms with Crippen LogP contribution in [0.3, 0.4) is 0 Å². The summed E-state index contributed by atoms with van der Waals surface area (Å²) in [7, 11) is -2.98. The quantitative estimate of drug-likeness (QED) is 0.634. The zero-order chi connectivity index (χ0) is 9.90. The highest BCUT2D eigenvalue weighted by atomic mass is 32.2. The van der Waals surface area contributed by atoms with Gasteiger partial charge < -0.3 is 0 Å². The number of sulfonamides is 1. The molecule has 0 aliphatic carbocycles. The normalized spacial score (nSPS) is 24.0. The molecule has 1 aliphatic heterocycles. The van der Waals surface area contributed by atoms with Crippen molar-refractivity contribution in [3.63, 3.8) is 0 Å². The van der Waals surface area contributed by atoms with Crippen molar-refractivity contribution in [3.8, 4) is 12.3 Å². The smallest absolute Gasteiger partial charge is 0.212 e. The van der Waals surface area contributed by atoms with E-state index < -0.39 is 10.0 Å². The van der Waals surface area contributed by atoms with E-state index in [0.717, 1.165) is 12.8 Å². The van der Waals surface area contributed by atoms with Crippen LogP contribution in [0.25, 0.3) is 0 Å². The third-order valence-corrected chi connectivity index (χ3v) is 4.37. The van der Waals surface area contributed by atoms with Crippen LogP contribution in [0.4, 0.5) is 0 Å². The van der Waals surface area contributed by atoms with Gasteiger partial charge in [-0.1, -0.05) is 6.92 Å². The zero-order valence-electron chi connectivity index (χ0n) is 7.86. The summed E-state index contributed by atoms with van der Waals surface area (Å²) in [5.74, 6) is 2.81. The topological polar surface area (TPSA) is 37.4 Å². The van der Waals surface area contributed by atoms with E-state index in [0.29, 0.717) is 13.0 Å². The van der Waals surface area contributed by atoms with Crippen LogP contribution in [0, 0.1) is 12.3 Å². The summed E-state index contributed by atoms with van der Waals surface area (Å²) in [5, 5.41) is 0. The molecular weight excluding hydrogens is 186 g/mol. The highest BCUT2D eigenvalue weighted by Gasteiger charge is 2.32. The van der Waals surface area contributed by atoms with E-state index in [2.05, 4.69) is 5.92 Å². The first-order chi connectivity index (χ1) is 6.11. The summed E-state index contributed by atoms with van der Waals surface area (Å²) in [6.45, 7) is 2.61. The molecule has 1 heterocycles. The molecule has 4 heteroatoms. The van der Waals surface area contributed by atoms with Gasteiger partial charge in [-0.25, -0.2) is 8.42 Å². The van der Waals surface area contributed by atoms with Crippen LogP contribution >= 0.6 is 0 Å². The van der Waals surface area contributed by atoms with Gasteiger partial charge in [-0.15, -0.1) is 12.3 Å². The molecule has 0 N–H and O–H groups in total. The average Bonchev–Trinajstić information content (AvgIpc) is 2.41. The molecule has 1 aliphatic rings. The fraction of sp³-hybridized carbons (Fsp3) is 0.778. The van der Waals surface area contributed by atoms with Gasteiger partial charge in [0, 0.05) is 19.0 Å². The van der Waals surface area contributed by atoms with Gasteiger partial charge in [0.15, 0.2) is 0 Å². The van der Waals surface area contributed by atoms with E-state index in [-0.39, 0.29) is 11.8 Å². The lowest BCUT2D eigenvalue weighted by Crippen LogP contribution is -2.35. The summed E-state index contributed by atoms with van der Waals surface area (Å²) >= 11 is 0. The summed E-state index contributed by atoms with van der Waals surface area (Å²) < 4.78 is 24.6. The molecule has 0 radical (unpaired) electrons. The van der Waals surface area contributed by atoms with E-state index in [4.69, 9.17) is 6.42 Å². The van der Waals surface area contributed by atoms with Crippen LogP contribution < -0.4 is 0 Å². The maximum atomic E-state index is 11.5. The Bertz CT molecular complexity index is 302. The Morgan fingerprint density at radius 1 is 1.62 bits per heavy atom. The third kappa shape index (κ3) is 2.23. The maximum Gasteiger partial charge on any atom is 0.214 e. The molecule has 0 aromatic heterocycles. The number of hydrogen-bond acceptors (Lipinski definition) is 2. The van der Waals surface area contributed by atoms with E-state index in [1.165, 1.54) is 0 Å². The van der Waals surface area contributed by atoms with Crippen LogP contribution in [0.5, 0.6) is 0 Å². The van der Waals surface area contributed by atoms with Gasteiger partial charge in [-0.3, -0.25) is 0 Å². The van der Waals surface area contributed by atoms with Gasteiger partial charge in [-0.05, 0) is 12.8 Å². The molecule has 1 saturated heterocycles.